The van der Waals surface area contributed by atoms with Gasteiger partial charge >= 0.3 is 5.51 Å². The summed E-state index contributed by atoms with van der Waals surface area (Å²) in [7, 11) is 0. The van der Waals surface area contributed by atoms with Gasteiger partial charge in [-0.15, -0.1) is 0 Å². The van der Waals surface area contributed by atoms with Gasteiger partial charge in [-0.1, -0.05) is 17.9 Å². The van der Waals surface area contributed by atoms with E-state index in [0.717, 1.165) is 0 Å². The summed E-state index contributed by atoms with van der Waals surface area (Å²) in [6.07, 6.45) is 0. The third-order valence-corrected chi connectivity index (χ3v) is 2.10. The van der Waals surface area contributed by atoms with Crippen molar-refractivity contribution in [2.24, 2.45) is 0 Å². The smallest absolute Gasteiger partial charge is 0.384 e. The topological polar surface area (TPSA) is 20.2 Å². The third-order valence-electron chi connectivity index (χ3n) is 1.38. The second-order valence-electron chi connectivity index (χ2n) is 2.54. The molecule has 0 radical (unpaired) electrons. The predicted molar refractivity (Wildman–Crippen MR) is 52.3 cm³/mol. The van der Waals surface area contributed by atoms with Gasteiger partial charge in [-0.25, -0.2) is 0 Å². The van der Waals surface area contributed by atoms with Gasteiger partial charge in [0.2, 0.25) is 0 Å². The number of hydrogen-bond donors (Lipinski definition) is 1. The molecule has 0 fully saturated rings. The van der Waals surface area contributed by atoms with E-state index in [4.69, 9.17) is 5.11 Å². The van der Waals surface area contributed by atoms with Crippen LogP contribution in [0.4, 0.5) is 13.2 Å². The Balaban J connectivity index is 2.83. The van der Waals surface area contributed by atoms with Gasteiger partial charge in [-0.3, -0.25) is 0 Å². The van der Waals surface area contributed by atoms with Crippen LogP contribution in [-0.4, -0.2) is 17.2 Å². The van der Waals surface area contributed by atoms with Crippen molar-refractivity contribution in [1.82, 2.24) is 0 Å². The van der Waals surface area contributed by atoms with Gasteiger partial charge in [0.15, 0.2) is 0 Å². The minimum absolute atomic E-state index is 0.0900. The van der Waals surface area contributed by atoms with E-state index in [0.29, 0.717) is 5.56 Å². The molecular formula is C10H7F3OS. The standard InChI is InChI=1S/C10H7F3OS/c11-10(12,13)15-9-5-1-3-8(7-9)4-2-6-14/h1,3,5,7,14H,6H2. The van der Waals surface area contributed by atoms with Crippen molar-refractivity contribution in [1.29, 1.82) is 0 Å². The fraction of sp³-hybridized carbons (Fsp3) is 0.200. The lowest BCUT2D eigenvalue weighted by Crippen LogP contribution is -1.98. The van der Waals surface area contributed by atoms with Crippen LogP contribution in [0.2, 0.25) is 0 Å². The molecule has 1 nitrogen and oxygen atoms in total. The summed E-state index contributed by atoms with van der Waals surface area (Å²) >= 11 is -0.182. The van der Waals surface area contributed by atoms with Gasteiger partial charge in [0.1, 0.15) is 6.61 Å². The van der Waals surface area contributed by atoms with Crippen LogP contribution in [0.25, 0.3) is 0 Å². The molecule has 5 heteroatoms. The van der Waals surface area contributed by atoms with Crippen LogP contribution < -0.4 is 0 Å². The molecule has 15 heavy (non-hydrogen) atoms. The molecule has 0 bridgehead atoms. The maximum absolute atomic E-state index is 12.0. The van der Waals surface area contributed by atoms with Crippen LogP contribution in [0.5, 0.6) is 0 Å². The number of aliphatic hydroxyl groups is 1. The Kier molecular flexibility index (Phi) is 4.06. The van der Waals surface area contributed by atoms with Crippen molar-refractivity contribution in [3.05, 3.63) is 29.8 Å². The molecule has 0 saturated carbocycles. The number of hydrogen-bond acceptors (Lipinski definition) is 2. The summed E-state index contributed by atoms with van der Waals surface area (Å²) in [4.78, 5) is 0.0900. The normalized spacial score (nSPS) is 10.7. The summed E-state index contributed by atoms with van der Waals surface area (Å²) in [5.74, 6) is 4.91. The van der Waals surface area contributed by atoms with Gasteiger partial charge in [-0.05, 0) is 30.0 Å². The number of alkyl halides is 3. The van der Waals surface area contributed by atoms with Crippen LogP contribution in [0.3, 0.4) is 0 Å². The molecule has 0 heterocycles. The molecule has 0 aliphatic rings. The SMILES string of the molecule is OCC#Cc1cccc(SC(F)(F)F)c1. The number of rotatable bonds is 1. The Bertz CT molecular complexity index is 390. The first-order chi connectivity index (χ1) is 7.01. The first kappa shape index (κ1) is 12.0. The van der Waals surface area contributed by atoms with Crippen LogP contribution in [0.15, 0.2) is 29.2 Å². The third kappa shape index (κ3) is 4.77. The first-order valence-corrected chi connectivity index (χ1v) is 4.78. The van der Waals surface area contributed by atoms with E-state index in [1.54, 1.807) is 6.07 Å². The van der Waals surface area contributed by atoms with Gasteiger partial charge in [-0.2, -0.15) is 13.2 Å². The molecule has 0 saturated heterocycles. The van der Waals surface area contributed by atoms with E-state index in [9.17, 15) is 13.2 Å². The lowest BCUT2D eigenvalue weighted by atomic mass is 10.2. The Hall–Kier alpha value is -1.12. The molecule has 1 rings (SSSR count). The maximum Gasteiger partial charge on any atom is 0.446 e. The Morgan fingerprint density at radius 3 is 2.67 bits per heavy atom. The van der Waals surface area contributed by atoms with E-state index in [2.05, 4.69) is 11.8 Å². The van der Waals surface area contributed by atoms with Crippen LogP contribution in [-0.2, 0) is 0 Å². The Labute approximate surface area is 89.3 Å². The quantitative estimate of drug-likeness (QED) is 0.593. The van der Waals surface area contributed by atoms with Gasteiger partial charge in [0.05, 0.1) is 0 Å². The lowest BCUT2D eigenvalue weighted by Gasteiger charge is -2.04. The summed E-state index contributed by atoms with van der Waals surface area (Å²) in [6.45, 7) is -0.309. The van der Waals surface area contributed by atoms with Crippen molar-refractivity contribution >= 4 is 11.8 Å². The molecule has 0 spiro atoms. The minimum atomic E-state index is -4.29. The largest absolute Gasteiger partial charge is 0.446 e. The number of thioether (sulfide) groups is 1. The van der Waals surface area contributed by atoms with Gasteiger partial charge in [0.25, 0.3) is 0 Å². The fourth-order valence-electron chi connectivity index (χ4n) is 0.913. The van der Waals surface area contributed by atoms with Gasteiger partial charge in [0, 0.05) is 10.5 Å². The van der Waals surface area contributed by atoms with E-state index >= 15 is 0 Å². The average Bonchev–Trinajstić information content (AvgIpc) is 2.12. The van der Waals surface area contributed by atoms with Gasteiger partial charge < -0.3 is 5.11 Å². The van der Waals surface area contributed by atoms with Crippen LogP contribution in [0.1, 0.15) is 5.56 Å². The summed E-state index contributed by atoms with van der Waals surface area (Å²) in [6, 6.07) is 5.78. The Morgan fingerprint density at radius 1 is 1.33 bits per heavy atom. The van der Waals surface area contributed by atoms with Crippen molar-refractivity contribution in [3.63, 3.8) is 0 Å². The lowest BCUT2D eigenvalue weighted by molar-refractivity contribution is -0.0328. The monoisotopic (exact) mass is 232 g/mol. The molecule has 0 amide bonds. The van der Waals surface area contributed by atoms with Crippen LogP contribution >= 0.6 is 11.8 Å². The van der Waals surface area contributed by atoms with Crippen molar-refractivity contribution in [2.45, 2.75) is 10.4 Å². The summed E-state index contributed by atoms with van der Waals surface area (Å²) < 4.78 is 36.0. The first-order valence-electron chi connectivity index (χ1n) is 3.97. The van der Waals surface area contributed by atoms with Crippen LogP contribution in [0, 0.1) is 11.8 Å². The maximum atomic E-state index is 12.0. The van der Waals surface area contributed by atoms with Crippen molar-refractivity contribution in [2.75, 3.05) is 6.61 Å². The molecule has 80 valence electrons. The molecule has 0 aromatic heterocycles. The number of benzene rings is 1. The zero-order valence-electron chi connectivity index (χ0n) is 7.51. The fourth-order valence-corrected chi connectivity index (χ4v) is 1.51. The van der Waals surface area contributed by atoms with E-state index in [-0.39, 0.29) is 23.3 Å². The van der Waals surface area contributed by atoms with Crippen molar-refractivity contribution in [3.8, 4) is 11.8 Å². The molecule has 0 aliphatic carbocycles. The molecule has 0 unspecified atom stereocenters. The number of aliphatic hydroxyl groups excluding tert-OH is 1. The second kappa shape index (κ2) is 5.10. The highest BCUT2D eigenvalue weighted by atomic mass is 32.2. The van der Waals surface area contributed by atoms with E-state index in [1.807, 2.05) is 0 Å². The van der Waals surface area contributed by atoms with E-state index < -0.39 is 5.51 Å². The summed E-state index contributed by atoms with van der Waals surface area (Å²) in [5, 5.41) is 8.42. The molecule has 0 atom stereocenters. The zero-order valence-corrected chi connectivity index (χ0v) is 8.32. The van der Waals surface area contributed by atoms with E-state index in [1.165, 1.54) is 18.2 Å². The molecule has 1 aromatic carbocycles. The minimum Gasteiger partial charge on any atom is -0.384 e. The van der Waals surface area contributed by atoms with Crippen molar-refractivity contribution < 1.29 is 18.3 Å². The predicted octanol–water partition coefficient (Wildman–Crippen LogP) is 2.64. The molecular weight excluding hydrogens is 225 g/mol. The number of halogens is 3. The average molecular weight is 232 g/mol. The highest BCUT2D eigenvalue weighted by Crippen LogP contribution is 2.36. The Morgan fingerprint density at radius 2 is 2.07 bits per heavy atom. The second-order valence-corrected chi connectivity index (χ2v) is 3.67. The summed E-state index contributed by atoms with van der Waals surface area (Å²) in [5.41, 5.74) is -3.83. The molecule has 1 N–H and O–H groups in total. The highest BCUT2D eigenvalue weighted by Gasteiger charge is 2.29. The molecule has 1 aromatic rings. The zero-order chi connectivity index (χ0) is 11.3. The highest BCUT2D eigenvalue weighted by molar-refractivity contribution is 8.00. The molecule has 0 aliphatic heterocycles.